The van der Waals surface area contributed by atoms with E-state index in [2.05, 4.69) is 15.2 Å². The van der Waals surface area contributed by atoms with Gasteiger partial charge in [0.05, 0.1) is 12.7 Å². The fourth-order valence-corrected chi connectivity index (χ4v) is 1.13. The molecule has 0 aliphatic heterocycles. The van der Waals surface area contributed by atoms with E-state index in [1.165, 1.54) is 0 Å². The SMILES string of the molecule is CCn1nc2cnc(Cl)cc2n1. The highest BCUT2D eigenvalue weighted by atomic mass is 35.5. The van der Waals surface area contributed by atoms with Crippen LogP contribution in [0.15, 0.2) is 12.3 Å². The molecule has 62 valence electrons. The van der Waals surface area contributed by atoms with Gasteiger partial charge in [0.2, 0.25) is 0 Å². The Labute approximate surface area is 74.2 Å². The minimum Gasteiger partial charge on any atom is -0.242 e. The lowest BCUT2D eigenvalue weighted by Gasteiger charge is -1.86. The van der Waals surface area contributed by atoms with E-state index >= 15 is 0 Å². The molecule has 0 saturated heterocycles. The lowest BCUT2D eigenvalue weighted by molar-refractivity contribution is 0.578. The third kappa shape index (κ3) is 1.14. The van der Waals surface area contributed by atoms with E-state index in [0.29, 0.717) is 5.15 Å². The van der Waals surface area contributed by atoms with E-state index in [4.69, 9.17) is 11.6 Å². The molecule has 0 saturated carbocycles. The van der Waals surface area contributed by atoms with Crippen molar-refractivity contribution in [1.29, 1.82) is 0 Å². The molecule has 4 nitrogen and oxygen atoms in total. The van der Waals surface area contributed by atoms with Gasteiger partial charge in [-0.1, -0.05) is 11.6 Å². The summed E-state index contributed by atoms with van der Waals surface area (Å²) in [6.07, 6.45) is 1.62. The largest absolute Gasteiger partial charge is 0.242 e. The Morgan fingerprint density at radius 1 is 1.42 bits per heavy atom. The third-order valence-electron chi connectivity index (χ3n) is 1.56. The predicted octanol–water partition coefficient (Wildman–Crippen LogP) is 1.50. The van der Waals surface area contributed by atoms with E-state index in [0.717, 1.165) is 17.6 Å². The van der Waals surface area contributed by atoms with Crippen molar-refractivity contribution in [1.82, 2.24) is 20.0 Å². The molecule has 2 aromatic heterocycles. The molecule has 0 aliphatic rings. The van der Waals surface area contributed by atoms with Gasteiger partial charge in [-0.05, 0) is 6.92 Å². The van der Waals surface area contributed by atoms with Crippen molar-refractivity contribution in [2.45, 2.75) is 13.5 Å². The standard InChI is InChI=1S/C7H7ClN4/c1-2-12-10-5-3-7(8)9-4-6(5)11-12/h3-4H,2H2,1H3. The predicted molar refractivity (Wildman–Crippen MR) is 46.0 cm³/mol. The molecule has 0 unspecified atom stereocenters. The van der Waals surface area contributed by atoms with Crippen LogP contribution in [0.25, 0.3) is 11.0 Å². The highest BCUT2D eigenvalue weighted by Gasteiger charge is 2.01. The van der Waals surface area contributed by atoms with Gasteiger partial charge in [0.25, 0.3) is 0 Å². The summed E-state index contributed by atoms with van der Waals surface area (Å²) >= 11 is 5.68. The van der Waals surface area contributed by atoms with E-state index in [-0.39, 0.29) is 0 Å². The van der Waals surface area contributed by atoms with Gasteiger partial charge in [-0.3, -0.25) is 0 Å². The number of nitrogens with zero attached hydrogens (tertiary/aromatic N) is 4. The highest BCUT2D eigenvalue weighted by molar-refractivity contribution is 6.29. The number of fused-ring (bicyclic) bond motifs is 1. The van der Waals surface area contributed by atoms with Crippen LogP contribution in [0.3, 0.4) is 0 Å². The Bertz CT molecular complexity index is 409. The zero-order valence-electron chi connectivity index (χ0n) is 6.53. The van der Waals surface area contributed by atoms with Crippen molar-refractivity contribution in [3.63, 3.8) is 0 Å². The van der Waals surface area contributed by atoms with Crippen molar-refractivity contribution in [3.05, 3.63) is 17.4 Å². The Kier molecular flexibility index (Phi) is 1.69. The van der Waals surface area contributed by atoms with E-state index < -0.39 is 0 Å². The van der Waals surface area contributed by atoms with E-state index in [9.17, 15) is 0 Å². The van der Waals surface area contributed by atoms with Crippen LogP contribution in [0, 0.1) is 0 Å². The first kappa shape index (κ1) is 7.49. The molecule has 5 heteroatoms. The molecular weight excluding hydrogens is 176 g/mol. The van der Waals surface area contributed by atoms with Gasteiger partial charge in [-0.2, -0.15) is 15.0 Å². The zero-order chi connectivity index (χ0) is 8.55. The minimum atomic E-state index is 0.450. The Morgan fingerprint density at radius 2 is 2.17 bits per heavy atom. The number of pyridine rings is 1. The smallest absolute Gasteiger partial charge is 0.131 e. The normalized spacial score (nSPS) is 10.8. The number of aryl methyl sites for hydroxylation is 1. The van der Waals surface area contributed by atoms with Gasteiger partial charge in [-0.25, -0.2) is 4.98 Å². The van der Waals surface area contributed by atoms with E-state index in [1.807, 2.05) is 6.92 Å². The number of halogens is 1. The van der Waals surface area contributed by atoms with Crippen molar-refractivity contribution in [2.75, 3.05) is 0 Å². The number of hydrogen-bond acceptors (Lipinski definition) is 3. The van der Waals surface area contributed by atoms with Crippen molar-refractivity contribution < 1.29 is 0 Å². The molecule has 0 N–H and O–H groups in total. The number of rotatable bonds is 1. The zero-order valence-corrected chi connectivity index (χ0v) is 7.28. The first-order valence-corrected chi connectivity index (χ1v) is 4.04. The summed E-state index contributed by atoms with van der Waals surface area (Å²) in [5.74, 6) is 0. The van der Waals surface area contributed by atoms with Crippen LogP contribution < -0.4 is 0 Å². The summed E-state index contributed by atoms with van der Waals surface area (Å²) in [5.41, 5.74) is 1.57. The molecule has 0 radical (unpaired) electrons. The molecule has 2 aromatic rings. The average Bonchev–Trinajstić information content (AvgIpc) is 2.46. The Balaban J connectivity index is 2.67. The molecule has 2 rings (SSSR count). The van der Waals surface area contributed by atoms with Gasteiger partial charge < -0.3 is 0 Å². The van der Waals surface area contributed by atoms with Crippen molar-refractivity contribution >= 4 is 22.6 Å². The van der Waals surface area contributed by atoms with Crippen LogP contribution in [0.5, 0.6) is 0 Å². The maximum Gasteiger partial charge on any atom is 0.131 e. The fraction of sp³-hybridized carbons (Fsp3) is 0.286. The molecule has 12 heavy (non-hydrogen) atoms. The van der Waals surface area contributed by atoms with Crippen LogP contribution >= 0.6 is 11.6 Å². The molecule has 0 bridgehead atoms. The van der Waals surface area contributed by atoms with Crippen molar-refractivity contribution in [2.24, 2.45) is 0 Å². The van der Waals surface area contributed by atoms with Gasteiger partial charge in [0, 0.05) is 6.07 Å². The summed E-state index contributed by atoms with van der Waals surface area (Å²) in [5, 5.41) is 8.78. The van der Waals surface area contributed by atoms with Gasteiger partial charge in [-0.15, -0.1) is 0 Å². The maximum absolute atomic E-state index is 5.68. The first-order valence-electron chi connectivity index (χ1n) is 3.66. The van der Waals surface area contributed by atoms with Crippen LogP contribution in [0.4, 0.5) is 0 Å². The molecule has 0 fully saturated rings. The lowest BCUT2D eigenvalue weighted by atomic mass is 10.4. The quantitative estimate of drug-likeness (QED) is 0.628. The summed E-state index contributed by atoms with van der Waals surface area (Å²) in [7, 11) is 0. The second-order valence-electron chi connectivity index (χ2n) is 2.38. The molecule has 0 spiro atoms. The summed E-state index contributed by atoms with van der Waals surface area (Å²) < 4.78 is 0. The van der Waals surface area contributed by atoms with Gasteiger partial charge in [0.15, 0.2) is 0 Å². The third-order valence-corrected chi connectivity index (χ3v) is 1.76. The molecule has 0 aromatic carbocycles. The number of aromatic nitrogens is 4. The van der Waals surface area contributed by atoms with Crippen LogP contribution in [0.2, 0.25) is 5.15 Å². The molecule has 0 amide bonds. The lowest BCUT2D eigenvalue weighted by Crippen LogP contribution is -1.97. The molecular formula is C7H7ClN4. The maximum atomic E-state index is 5.68. The highest BCUT2D eigenvalue weighted by Crippen LogP contribution is 2.11. The summed E-state index contributed by atoms with van der Waals surface area (Å²) in [6, 6.07) is 1.70. The Morgan fingerprint density at radius 3 is 2.92 bits per heavy atom. The second kappa shape index (κ2) is 2.71. The van der Waals surface area contributed by atoms with Crippen LogP contribution in [0.1, 0.15) is 6.92 Å². The van der Waals surface area contributed by atoms with Crippen molar-refractivity contribution in [3.8, 4) is 0 Å². The summed E-state index contributed by atoms with van der Waals surface area (Å²) in [4.78, 5) is 5.52. The molecule has 2 heterocycles. The average molecular weight is 183 g/mol. The first-order chi connectivity index (χ1) is 5.79. The minimum absolute atomic E-state index is 0.450. The number of hydrogen-bond donors (Lipinski definition) is 0. The second-order valence-corrected chi connectivity index (χ2v) is 2.77. The van der Waals surface area contributed by atoms with Gasteiger partial charge in [0.1, 0.15) is 16.2 Å². The molecule has 0 aliphatic carbocycles. The van der Waals surface area contributed by atoms with Crippen LogP contribution in [-0.2, 0) is 6.54 Å². The van der Waals surface area contributed by atoms with E-state index in [1.54, 1.807) is 17.1 Å². The topological polar surface area (TPSA) is 43.6 Å². The van der Waals surface area contributed by atoms with Crippen LogP contribution in [-0.4, -0.2) is 20.0 Å². The Hall–Kier alpha value is -1.16. The molecule has 0 atom stereocenters. The summed E-state index contributed by atoms with van der Waals surface area (Å²) in [6.45, 7) is 2.74. The monoisotopic (exact) mass is 182 g/mol. The van der Waals surface area contributed by atoms with Gasteiger partial charge >= 0.3 is 0 Å². The fourth-order valence-electron chi connectivity index (χ4n) is 0.983.